The molecule has 1 aliphatic rings. The van der Waals surface area contributed by atoms with Gasteiger partial charge in [-0.1, -0.05) is 29.8 Å². The van der Waals surface area contributed by atoms with Gasteiger partial charge in [0.25, 0.3) is 0 Å². The van der Waals surface area contributed by atoms with Crippen LogP contribution in [0.3, 0.4) is 0 Å². The predicted molar refractivity (Wildman–Crippen MR) is 102 cm³/mol. The van der Waals surface area contributed by atoms with E-state index in [0.29, 0.717) is 17.1 Å². The van der Waals surface area contributed by atoms with Crippen molar-refractivity contribution in [3.8, 4) is 0 Å². The summed E-state index contributed by atoms with van der Waals surface area (Å²) in [7, 11) is 0. The maximum absolute atomic E-state index is 12.1. The highest BCUT2D eigenvalue weighted by molar-refractivity contribution is 6.31. The van der Waals surface area contributed by atoms with Crippen LogP contribution < -0.4 is 10.2 Å². The Morgan fingerprint density at radius 3 is 2.80 bits per heavy atom. The van der Waals surface area contributed by atoms with Crippen molar-refractivity contribution < 1.29 is 9.59 Å². The molecule has 0 unspecified atom stereocenters. The van der Waals surface area contributed by atoms with Crippen LogP contribution >= 0.6 is 11.6 Å². The molecule has 0 bridgehead atoms. The predicted octanol–water partition coefficient (Wildman–Crippen LogP) is 4.43. The quantitative estimate of drug-likeness (QED) is 0.826. The van der Waals surface area contributed by atoms with Gasteiger partial charge >= 0.3 is 0 Å². The smallest absolute Gasteiger partial charge is 0.248 e. The normalized spacial score (nSPS) is 14.3. The van der Waals surface area contributed by atoms with Gasteiger partial charge in [0, 0.05) is 35.4 Å². The lowest BCUT2D eigenvalue weighted by Gasteiger charge is -2.16. The zero-order valence-electron chi connectivity index (χ0n) is 14.0. The number of carbonyl (C=O) groups excluding carboxylic acids is 2. The summed E-state index contributed by atoms with van der Waals surface area (Å²) in [5.41, 5.74) is 3.34. The standard InChI is InChI=1S/C20H19ClN2O2/c1-14-7-8-15(12-18(14)21)9-10-19(24)22-16-4-2-5-17(13-16)23-11-3-6-20(23)25/h2,4-5,7-10,12-13H,3,6,11H2,1H3,(H,22,24)/b10-9+. The Bertz CT molecular complexity index is 845. The first-order valence-corrected chi connectivity index (χ1v) is 8.56. The second-order valence-electron chi connectivity index (χ2n) is 6.03. The Labute approximate surface area is 152 Å². The van der Waals surface area contributed by atoms with E-state index in [0.717, 1.165) is 29.8 Å². The van der Waals surface area contributed by atoms with Crippen LogP contribution in [-0.2, 0) is 9.59 Å². The molecule has 2 aromatic carbocycles. The molecule has 0 aromatic heterocycles. The maximum Gasteiger partial charge on any atom is 0.248 e. The fraction of sp³-hybridized carbons (Fsp3) is 0.200. The molecule has 2 amide bonds. The van der Waals surface area contributed by atoms with E-state index < -0.39 is 0 Å². The number of aryl methyl sites for hydroxylation is 1. The number of amides is 2. The van der Waals surface area contributed by atoms with E-state index >= 15 is 0 Å². The van der Waals surface area contributed by atoms with Crippen LogP contribution in [0.5, 0.6) is 0 Å². The molecule has 1 N–H and O–H groups in total. The number of rotatable bonds is 4. The fourth-order valence-corrected chi connectivity index (χ4v) is 2.93. The number of nitrogens with zero attached hydrogens (tertiary/aromatic N) is 1. The van der Waals surface area contributed by atoms with Crippen LogP contribution in [0.4, 0.5) is 11.4 Å². The van der Waals surface area contributed by atoms with Gasteiger partial charge in [-0.3, -0.25) is 9.59 Å². The van der Waals surface area contributed by atoms with Gasteiger partial charge < -0.3 is 10.2 Å². The minimum Gasteiger partial charge on any atom is -0.322 e. The van der Waals surface area contributed by atoms with Crippen molar-refractivity contribution in [3.63, 3.8) is 0 Å². The molecule has 128 valence electrons. The number of carbonyl (C=O) groups is 2. The monoisotopic (exact) mass is 354 g/mol. The van der Waals surface area contributed by atoms with Gasteiger partial charge in [0.2, 0.25) is 11.8 Å². The van der Waals surface area contributed by atoms with Crippen LogP contribution in [0, 0.1) is 6.92 Å². The molecule has 3 rings (SSSR count). The molecule has 0 aliphatic carbocycles. The van der Waals surface area contributed by atoms with Crippen molar-refractivity contribution in [1.29, 1.82) is 0 Å². The topological polar surface area (TPSA) is 49.4 Å². The van der Waals surface area contributed by atoms with Crippen molar-refractivity contribution in [2.24, 2.45) is 0 Å². The first kappa shape index (κ1) is 17.2. The molecule has 5 heteroatoms. The Morgan fingerprint density at radius 2 is 2.08 bits per heavy atom. The van der Waals surface area contributed by atoms with Gasteiger partial charge in [-0.05, 0) is 54.8 Å². The van der Waals surface area contributed by atoms with E-state index in [1.165, 1.54) is 6.08 Å². The molecule has 0 atom stereocenters. The molecule has 0 saturated carbocycles. The molecule has 0 spiro atoms. The molecule has 1 saturated heterocycles. The molecule has 1 fully saturated rings. The maximum atomic E-state index is 12.1. The Kier molecular flexibility index (Phi) is 5.19. The molecule has 2 aromatic rings. The summed E-state index contributed by atoms with van der Waals surface area (Å²) in [6.07, 6.45) is 4.64. The van der Waals surface area contributed by atoms with E-state index in [9.17, 15) is 9.59 Å². The summed E-state index contributed by atoms with van der Waals surface area (Å²) in [5.74, 6) is -0.110. The van der Waals surface area contributed by atoms with E-state index in [-0.39, 0.29) is 11.8 Å². The zero-order chi connectivity index (χ0) is 17.8. The van der Waals surface area contributed by atoms with Crippen LogP contribution in [0.1, 0.15) is 24.0 Å². The summed E-state index contributed by atoms with van der Waals surface area (Å²) < 4.78 is 0. The second-order valence-corrected chi connectivity index (χ2v) is 6.44. The first-order chi connectivity index (χ1) is 12.0. The highest BCUT2D eigenvalue weighted by atomic mass is 35.5. The van der Waals surface area contributed by atoms with Crippen molar-refractivity contribution in [1.82, 2.24) is 0 Å². The molecular formula is C20H19ClN2O2. The average molecular weight is 355 g/mol. The summed E-state index contributed by atoms with van der Waals surface area (Å²) >= 11 is 6.08. The van der Waals surface area contributed by atoms with Gasteiger partial charge in [0.1, 0.15) is 0 Å². The van der Waals surface area contributed by atoms with E-state index in [2.05, 4.69) is 5.32 Å². The number of hydrogen-bond acceptors (Lipinski definition) is 2. The largest absolute Gasteiger partial charge is 0.322 e. The van der Waals surface area contributed by atoms with E-state index in [4.69, 9.17) is 11.6 Å². The lowest BCUT2D eigenvalue weighted by molar-refractivity contribution is -0.117. The summed E-state index contributed by atoms with van der Waals surface area (Å²) in [6.45, 7) is 2.66. The third kappa shape index (κ3) is 4.28. The first-order valence-electron chi connectivity index (χ1n) is 8.18. The zero-order valence-corrected chi connectivity index (χ0v) is 14.7. The SMILES string of the molecule is Cc1ccc(/C=C/C(=O)Nc2cccc(N3CCCC3=O)c2)cc1Cl. The number of hydrogen-bond donors (Lipinski definition) is 1. The fourth-order valence-electron chi connectivity index (χ4n) is 2.74. The number of nitrogens with one attached hydrogen (secondary N) is 1. The van der Waals surface area contributed by atoms with Gasteiger partial charge in [-0.2, -0.15) is 0 Å². The number of anilines is 2. The van der Waals surface area contributed by atoms with E-state index in [1.54, 1.807) is 17.0 Å². The van der Waals surface area contributed by atoms with E-state index in [1.807, 2.05) is 43.3 Å². The van der Waals surface area contributed by atoms with Gasteiger partial charge in [0.15, 0.2) is 0 Å². The third-order valence-electron chi connectivity index (χ3n) is 4.12. The van der Waals surface area contributed by atoms with Crippen molar-refractivity contribution in [2.75, 3.05) is 16.8 Å². The average Bonchev–Trinajstić information content (AvgIpc) is 3.02. The van der Waals surface area contributed by atoms with Crippen LogP contribution in [0.2, 0.25) is 5.02 Å². The van der Waals surface area contributed by atoms with Gasteiger partial charge in [0.05, 0.1) is 0 Å². The minimum absolute atomic E-state index is 0.125. The number of benzene rings is 2. The van der Waals surface area contributed by atoms with Crippen LogP contribution in [0.15, 0.2) is 48.5 Å². The number of halogens is 1. The molecular weight excluding hydrogens is 336 g/mol. The summed E-state index contributed by atoms with van der Waals surface area (Å²) in [6, 6.07) is 13.0. The van der Waals surface area contributed by atoms with Crippen LogP contribution in [-0.4, -0.2) is 18.4 Å². The van der Waals surface area contributed by atoms with Gasteiger partial charge in [-0.25, -0.2) is 0 Å². The Balaban J connectivity index is 1.67. The second kappa shape index (κ2) is 7.53. The van der Waals surface area contributed by atoms with Crippen LogP contribution in [0.25, 0.3) is 6.08 Å². The Hall–Kier alpha value is -2.59. The molecule has 0 radical (unpaired) electrons. The summed E-state index contributed by atoms with van der Waals surface area (Å²) in [5, 5.41) is 3.49. The third-order valence-corrected chi connectivity index (χ3v) is 4.53. The highest BCUT2D eigenvalue weighted by Crippen LogP contribution is 2.24. The molecule has 25 heavy (non-hydrogen) atoms. The molecule has 1 heterocycles. The van der Waals surface area contributed by atoms with Crippen molar-refractivity contribution >= 4 is 40.9 Å². The minimum atomic E-state index is -0.235. The van der Waals surface area contributed by atoms with Crippen molar-refractivity contribution in [2.45, 2.75) is 19.8 Å². The van der Waals surface area contributed by atoms with Gasteiger partial charge in [-0.15, -0.1) is 0 Å². The van der Waals surface area contributed by atoms with Crippen molar-refractivity contribution in [3.05, 3.63) is 64.7 Å². The summed E-state index contributed by atoms with van der Waals surface area (Å²) in [4.78, 5) is 25.7. The molecule has 4 nitrogen and oxygen atoms in total. The Morgan fingerprint density at radius 1 is 1.24 bits per heavy atom. The lowest BCUT2D eigenvalue weighted by Crippen LogP contribution is -2.23. The lowest BCUT2D eigenvalue weighted by atomic mass is 10.1. The molecule has 1 aliphatic heterocycles. The highest BCUT2D eigenvalue weighted by Gasteiger charge is 2.21.